The smallest absolute Gasteiger partial charge is 0.146 e. The first-order valence-electron chi connectivity index (χ1n) is 4.29. The minimum atomic E-state index is -0.349. The standard InChI is InChI=1S/C10H10BrCl2F/c1-6(12)2-3-7-4-5-8(11)9(13)10(7)14/h4-6H,2-3H2,1H3. The summed E-state index contributed by atoms with van der Waals surface area (Å²) >= 11 is 14.7. The molecule has 0 aromatic heterocycles. The van der Waals surface area contributed by atoms with E-state index in [1.54, 1.807) is 12.1 Å². The fraction of sp³-hybridized carbons (Fsp3) is 0.400. The maximum absolute atomic E-state index is 13.5. The topological polar surface area (TPSA) is 0 Å². The summed E-state index contributed by atoms with van der Waals surface area (Å²) in [6.07, 6.45) is 1.36. The number of rotatable bonds is 3. The lowest BCUT2D eigenvalue weighted by Gasteiger charge is -2.06. The van der Waals surface area contributed by atoms with Crippen LogP contribution >= 0.6 is 39.1 Å². The Morgan fingerprint density at radius 1 is 1.50 bits per heavy atom. The number of hydrogen-bond acceptors (Lipinski definition) is 0. The Balaban J connectivity index is 2.83. The van der Waals surface area contributed by atoms with Crippen LogP contribution in [-0.4, -0.2) is 5.38 Å². The third-order valence-electron chi connectivity index (χ3n) is 1.93. The quantitative estimate of drug-likeness (QED) is 0.555. The van der Waals surface area contributed by atoms with Crippen molar-refractivity contribution in [2.75, 3.05) is 0 Å². The molecule has 0 aliphatic carbocycles. The van der Waals surface area contributed by atoms with Crippen molar-refractivity contribution >= 4 is 39.1 Å². The zero-order chi connectivity index (χ0) is 10.7. The van der Waals surface area contributed by atoms with Gasteiger partial charge in [-0.15, -0.1) is 11.6 Å². The molecule has 0 spiro atoms. The summed E-state index contributed by atoms with van der Waals surface area (Å²) < 4.78 is 14.1. The van der Waals surface area contributed by atoms with Crippen LogP contribution in [0.5, 0.6) is 0 Å². The Labute approximate surface area is 102 Å². The average molecular weight is 300 g/mol. The summed E-state index contributed by atoms with van der Waals surface area (Å²) in [5, 5.41) is 0.196. The maximum Gasteiger partial charge on any atom is 0.146 e. The Morgan fingerprint density at radius 3 is 2.71 bits per heavy atom. The van der Waals surface area contributed by atoms with Gasteiger partial charge in [-0.2, -0.15) is 0 Å². The summed E-state index contributed by atoms with van der Waals surface area (Å²) in [4.78, 5) is 0. The van der Waals surface area contributed by atoms with Crippen LogP contribution in [-0.2, 0) is 6.42 Å². The van der Waals surface area contributed by atoms with Gasteiger partial charge in [0.2, 0.25) is 0 Å². The highest BCUT2D eigenvalue weighted by atomic mass is 79.9. The Kier molecular flexibility index (Phi) is 4.68. The lowest BCUT2D eigenvalue weighted by Crippen LogP contribution is -1.98. The summed E-state index contributed by atoms with van der Waals surface area (Å²) in [5.74, 6) is -0.349. The third-order valence-corrected chi connectivity index (χ3v) is 3.40. The van der Waals surface area contributed by atoms with Crippen LogP contribution in [0, 0.1) is 5.82 Å². The molecule has 1 aromatic rings. The summed E-state index contributed by atoms with van der Waals surface area (Å²) in [6, 6.07) is 3.48. The van der Waals surface area contributed by atoms with E-state index in [1.165, 1.54) is 0 Å². The molecule has 0 heterocycles. The van der Waals surface area contributed by atoms with E-state index in [4.69, 9.17) is 23.2 Å². The van der Waals surface area contributed by atoms with E-state index in [9.17, 15) is 4.39 Å². The molecular weight excluding hydrogens is 290 g/mol. The zero-order valence-electron chi connectivity index (χ0n) is 7.66. The lowest BCUT2D eigenvalue weighted by atomic mass is 10.1. The number of alkyl halides is 1. The van der Waals surface area contributed by atoms with Crippen LogP contribution in [0.2, 0.25) is 5.02 Å². The highest BCUT2D eigenvalue weighted by molar-refractivity contribution is 9.10. The van der Waals surface area contributed by atoms with E-state index >= 15 is 0 Å². The van der Waals surface area contributed by atoms with Gasteiger partial charge in [0.25, 0.3) is 0 Å². The fourth-order valence-corrected chi connectivity index (χ4v) is 1.71. The van der Waals surface area contributed by atoms with E-state index in [0.717, 1.165) is 6.42 Å². The first-order valence-corrected chi connectivity index (χ1v) is 5.89. The highest BCUT2D eigenvalue weighted by Gasteiger charge is 2.10. The van der Waals surface area contributed by atoms with E-state index < -0.39 is 0 Å². The summed E-state index contributed by atoms with van der Waals surface area (Å²) in [6.45, 7) is 1.89. The predicted molar refractivity (Wildman–Crippen MR) is 62.7 cm³/mol. The lowest BCUT2D eigenvalue weighted by molar-refractivity contribution is 0.603. The van der Waals surface area contributed by atoms with E-state index in [2.05, 4.69) is 15.9 Å². The number of halogens is 4. The van der Waals surface area contributed by atoms with Crippen molar-refractivity contribution in [1.29, 1.82) is 0 Å². The van der Waals surface area contributed by atoms with Gasteiger partial charge in [0.1, 0.15) is 5.82 Å². The zero-order valence-corrected chi connectivity index (χ0v) is 10.8. The minimum Gasteiger partial charge on any atom is -0.205 e. The molecule has 1 aromatic carbocycles. The molecule has 1 unspecified atom stereocenters. The van der Waals surface area contributed by atoms with Gasteiger partial charge in [-0.05, 0) is 47.3 Å². The molecule has 14 heavy (non-hydrogen) atoms. The van der Waals surface area contributed by atoms with Gasteiger partial charge >= 0.3 is 0 Å². The van der Waals surface area contributed by atoms with E-state index in [1.807, 2.05) is 6.92 Å². The van der Waals surface area contributed by atoms with Crippen LogP contribution in [0.3, 0.4) is 0 Å². The molecule has 78 valence electrons. The minimum absolute atomic E-state index is 0.0526. The molecule has 0 fully saturated rings. The van der Waals surface area contributed by atoms with Crippen molar-refractivity contribution in [3.63, 3.8) is 0 Å². The molecule has 0 radical (unpaired) electrons. The van der Waals surface area contributed by atoms with Crippen LogP contribution in [0.25, 0.3) is 0 Å². The molecule has 0 N–H and O–H groups in total. The monoisotopic (exact) mass is 298 g/mol. The van der Waals surface area contributed by atoms with Gasteiger partial charge in [-0.1, -0.05) is 17.7 Å². The molecule has 0 bridgehead atoms. The Hall–Kier alpha value is 0.210. The molecule has 0 amide bonds. The molecular formula is C10H10BrCl2F. The van der Waals surface area contributed by atoms with Crippen LogP contribution in [0.15, 0.2) is 16.6 Å². The van der Waals surface area contributed by atoms with E-state index in [0.29, 0.717) is 16.5 Å². The van der Waals surface area contributed by atoms with Gasteiger partial charge < -0.3 is 0 Å². The summed E-state index contributed by atoms with van der Waals surface area (Å²) in [7, 11) is 0. The first kappa shape index (κ1) is 12.3. The second-order valence-electron chi connectivity index (χ2n) is 3.15. The molecule has 0 saturated heterocycles. The molecule has 0 aliphatic rings. The third kappa shape index (κ3) is 3.11. The van der Waals surface area contributed by atoms with Gasteiger partial charge in [0.05, 0.1) is 5.02 Å². The summed E-state index contributed by atoms with van der Waals surface area (Å²) in [5.41, 5.74) is 0.616. The molecule has 0 nitrogen and oxygen atoms in total. The van der Waals surface area contributed by atoms with Crippen LogP contribution in [0.1, 0.15) is 18.9 Å². The van der Waals surface area contributed by atoms with Gasteiger partial charge in [-0.3, -0.25) is 0 Å². The van der Waals surface area contributed by atoms with Crippen molar-refractivity contribution in [1.82, 2.24) is 0 Å². The predicted octanol–water partition coefficient (Wildman–Crippen LogP) is 4.80. The molecule has 1 atom stereocenters. The second-order valence-corrected chi connectivity index (χ2v) is 5.13. The fourth-order valence-electron chi connectivity index (χ4n) is 1.11. The normalized spacial score (nSPS) is 12.9. The van der Waals surface area contributed by atoms with Gasteiger partial charge in [-0.25, -0.2) is 4.39 Å². The Morgan fingerprint density at radius 2 is 2.14 bits per heavy atom. The van der Waals surface area contributed by atoms with Crippen molar-refractivity contribution in [3.05, 3.63) is 33.0 Å². The molecule has 0 aliphatic heterocycles. The van der Waals surface area contributed by atoms with Crippen molar-refractivity contribution < 1.29 is 4.39 Å². The average Bonchev–Trinajstić information content (AvgIpc) is 2.13. The Bertz CT molecular complexity index is 326. The van der Waals surface area contributed by atoms with Crippen LogP contribution in [0.4, 0.5) is 4.39 Å². The number of aryl methyl sites for hydroxylation is 1. The SMILES string of the molecule is CC(Cl)CCc1ccc(Br)c(Cl)c1F. The number of benzene rings is 1. The molecule has 1 rings (SSSR count). The number of hydrogen-bond donors (Lipinski definition) is 0. The first-order chi connectivity index (χ1) is 6.52. The molecule has 0 saturated carbocycles. The van der Waals surface area contributed by atoms with Crippen molar-refractivity contribution in [2.24, 2.45) is 0 Å². The molecule has 4 heteroatoms. The van der Waals surface area contributed by atoms with Gasteiger partial charge in [0.15, 0.2) is 0 Å². The largest absolute Gasteiger partial charge is 0.205 e. The van der Waals surface area contributed by atoms with Crippen molar-refractivity contribution in [3.8, 4) is 0 Å². The highest BCUT2D eigenvalue weighted by Crippen LogP contribution is 2.28. The van der Waals surface area contributed by atoms with Gasteiger partial charge in [0, 0.05) is 9.85 Å². The van der Waals surface area contributed by atoms with Crippen molar-refractivity contribution in [2.45, 2.75) is 25.1 Å². The van der Waals surface area contributed by atoms with Crippen LogP contribution < -0.4 is 0 Å². The maximum atomic E-state index is 13.5. The van der Waals surface area contributed by atoms with E-state index in [-0.39, 0.29) is 16.2 Å². The second kappa shape index (κ2) is 5.34.